The van der Waals surface area contributed by atoms with Crippen LogP contribution in [0.25, 0.3) is 0 Å². The number of hydrogen-bond acceptors (Lipinski definition) is 7. The maximum atomic E-state index is 10.2. The molecule has 7 atom stereocenters. The van der Waals surface area contributed by atoms with Gasteiger partial charge in [-0.3, -0.25) is 0 Å². The van der Waals surface area contributed by atoms with Crippen LogP contribution in [0.2, 0.25) is 0 Å². The molecule has 26 heavy (non-hydrogen) atoms. The molecule has 1 aliphatic carbocycles. The van der Waals surface area contributed by atoms with E-state index in [9.17, 15) is 25.5 Å². The molecular weight excluding hydrogens is 340 g/mol. The van der Waals surface area contributed by atoms with Crippen molar-refractivity contribution in [2.24, 2.45) is 5.41 Å². The molecule has 1 saturated heterocycles. The first-order valence-electron chi connectivity index (χ1n) is 9.38. The van der Waals surface area contributed by atoms with Gasteiger partial charge in [-0.1, -0.05) is 25.0 Å². The molecule has 7 nitrogen and oxygen atoms in total. The lowest BCUT2D eigenvalue weighted by atomic mass is 9.71. The van der Waals surface area contributed by atoms with Crippen molar-refractivity contribution in [3.63, 3.8) is 0 Å². The smallest absolute Gasteiger partial charge is 0.187 e. The highest BCUT2D eigenvalue weighted by atomic mass is 16.7. The third-order valence-corrected chi connectivity index (χ3v) is 5.65. The van der Waals surface area contributed by atoms with Gasteiger partial charge in [-0.25, -0.2) is 0 Å². The number of allylic oxidation sites excluding steroid dienone is 1. The van der Waals surface area contributed by atoms with Gasteiger partial charge >= 0.3 is 0 Å². The lowest BCUT2D eigenvalue weighted by molar-refractivity contribution is -0.319. The standard InChI is InChI=1S/C19H34O7/c1-10-7-14(19(3,4)8-12(10)6-5-11(2)21)26-18-17(24)16(23)15(22)13(9-20)25-18/h11,13-18,20-24H,5-9H2,1-4H3/t11-,13-,14-,15-,16+,17-,18+/m1/s1. The van der Waals surface area contributed by atoms with E-state index in [0.29, 0.717) is 6.42 Å². The first-order valence-corrected chi connectivity index (χ1v) is 9.38. The fourth-order valence-corrected chi connectivity index (χ4v) is 3.77. The number of aliphatic hydroxyl groups is 5. The highest BCUT2D eigenvalue weighted by Crippen LogP contribution is 2.43. The molecule has 0 unspecified atom stereocenters. The molecular formula is C19H34O7. The average molecular weight is 374 g/mol. The van der Waals surface area contributed by atoms with Crippen LogP contribution in [0.3, 0.4) is 0 Å². The topological polar surface area (TPSA) is 120 Å². The van der Waals surface area contributed by atoms with Crippen molar-refractivity contribution in [3.8, 4) is 0 Å². The molecule has 1 aliphatic heterocycles. The summed E-state index contributed by atoms with van der Waals surface area (Å²) in [5.41, 5.74) is 2.32. The molecule has 2 rings (SSSR count). The zero-order chi connectivity index (χ0) is 19.6. The van der Waals surface area contributed by atoms with Crippen molar-refractivity contribution in [3.05, 3.63) is 11.1 Å². The van der Waals surface area contributed by atoms with Crippen molar-refractivity contribution in [1.82, 2.24) is 0 Å². The summed E-state index contributed by atoms with van der Waals surface area (Å²) in [6.07, 6.45) is -3.81. The van der Waals surface area contributed by atoms with Gasteiger partial charge in [0.25, 0.3) is 0 Å². The highest BCUT2D eigenvalue weighted by Gasteiger charge is 2.47. The normalized spacial score (nSPS) is 39.1. The van der Waals surface area contributed by atoms with Crippen LogP contribution in [-0.4, -0.2) is 75.1 Å². The van der Waals surface area contributed by atoms with Gasteiger partial charge in [-0.2, -0.15) is 0 Å². The average Bonchev–Trinajstić information content (AvgIpc) is 2.56. The third kappa shape index (κ3) is 4.84. The largest absolute Gasteiger partial charge is 0.394 e. The minimum atomic E-state index is -1.43. The number of rotatable bonds is 6. The zero-order valence-corrected chi connectivity index (χ0v) is 16.1. The van der Waals surface area contributed by atoms with Crippen LogP contribution in [0.4, 0.5) is 0 Å². The molecule has 7 heteroatoms. The van der Waals surface area contributed by atoms with Crippen molar-refractivity contribution in [2.75, 3.05) is 6.61 Å². The van der Waals surface area contributed by atoms with E-state index in [1.807, 2.05) is 0 Å². The number of aliphatic hydroxyl groups excluding tert-OH is 5. The summed E-state index contributed by atoms with van der Waals surface area (Å²) < 4.78 is 11.5. The maximum absolute atomic E-state index is 10.2. The van der Waals surface area contributed by atoms with Crippen molar-refractivity contribution in [2.45, 2.75) is 96.3 Å². The van der Waals surface area contributed by atoms with E-state index in [4.69, 9.17) is 9.47 Å². The minimum absolute atomic E-state index is 0.216. The Morgan fingerprint density at radius 2 is 1.85 bits per heavy atom. The quantitative estimate of drug-likeness (QED) is 0.429. The Hall–Kier alpha value is -0.540. The second-order valence-corrected chi connectivity index (χ2v) is 8.46. The van der Waals surface area contributed by atoms with Crippen LogP contribution in [0, 0.1) is 5.41 Å². The van der Waals surface area contributed by atoms with Gasteiger partial charge in [0.1, 0.15) is 24.4 Å². The SMILES string of the molecule is CC1=C(CC[C@@H](C)O)CC(C)(C)[C@H](O[C@@H]2O[C@H](CO)[C@@H](O)[C@H](O)[C@H]2O)C1. The van der Waals surface area contributed by atoms with E-state index in [2.05, 4.69) is 20.8 Å². The lowest BCUT2D eigenvalue weighted by Crippen LogP contribution is -2.60. The highest BCUT2D eigenvalue weighted by molar-refractivity contribution is 5.20. The van der Waals surface area contributed by atoms with Gasteiger partial charge < -0.3 is 35.0 Å². The molecule has 0 amide bonds. The summed E-state index contributed by atoms with van der Waals surface area (Å²) in [5.74, 6) is 0. The van der Waals surface area contributed by atoms with Gasteiger partial charge in [0, 0.05) is 0 Å². The van der Waals surface area contributed by atoms with E-state index in [1.165, 1.54) is 11.1 Å². The Labute approximate surface area is 155 Å². The lowest BCUT2D eigenvalue weighted by Gasteiger charge is -2.45. The molecule has 0 spiro atoms. The molecule has 0 aromatic heterocycles. The second kappa shape index (κ2) is 8.65. The molecule has 1 heterocycles. The van der Waals surface area contributed by atoms with Crippen molar-refractivity contribution in [1.29, 1.82) is 0 Å². The van der Waals surface area contributed by atoms with Gasteiger partial charge in [-0.15, -0.1) is 0 Å². The summed E-state index contributed by atoms with van der Waals surface area (Å²) in [6.45, 7) is 7.53. The van der Waals surface area contributed by atoms with Crippen LogP contribution < -0.4 is 0 Å². The van der Waals surface area contributed by atoms with Gasteiger partial charge in [-0.05, 0) is 44.9 Å². The van der Waals surface area contributed by atoms with Crippen LogP contribution in [0.5, 0.6) is 0 Å². The summed E-state index contributed by atoms with van der Waals surface area (Å²) >= 11 is 0. The Bertz CT molecular complexity index is 500. The molecule has 0 bridgehead atoms. The molecule has 0 radical (unpaired) electrons. The fraction of sp³-hybridized carbons (Fsp3) is 0.895. The first kappa shape index (κ1) is 21.8. The predicted molar refractivity (Wildman–Crippen MR) is 95.3 cm³/mol. The van der Waals surface area contributed by atoms with Crippen LogP contribution in [-0.2, 0) is 9.47 Å². The van der Waals surface area contributed by atoms with Gasteiger partial charge in [0.05, 0.1) is 18.8 Å². The summed E-state index contributed by atoms with van der Waals surface area (Å²) in [6, 6.07) is 0. The molecule has 2 aliphatic rings. The van der Waals surface area contributed by atoms with Crippen LogP contribution >= 0.6 is 0 Å². The second-order valence-electron chi connectivity index (χ2n) is 8.46. The van der Waals surface area contributed by atoms with E-state index in [1.54, 1.807) is 6.92 Å². The fourth-order valence-electron chi connectivity index (χ4n) is 3.77. The third-order valence-electron chi connectivity index (χ3n) is 5.65. The Kier molecular flexibility index (Phi) is 7.23. The molecule has 0 saturated carbocycles. The Morgan fingerprint density at radius 3 is 2.42 bits per heavy atom. The summed E-state index contributed by atoms with van der Waals surface area (Å²) in [5, 5.41) is 48.9. The van der Waals surface area contributed by atoms with Crippen LogP contribution in [0.1, 0.15) is 53.4 Å². The minimum Gasteiger partial charge on any atom is -0.394 e. The molecule has 0 aromatic carbocycles. The monoisotopic (exact) mass is 374 g/mol. The molecule has 5 N–H and O–H groups in total. The Balaban J connectivity index is 2.09. The van der Waals surface area contributed by atoms with Crippen molar-refractivity contribution < 1.29 is 35.0 Å². The molecule has 0 aromatic rings. The van der Waals surface area contributed by atoms with E-state index in [0.717, 1.165) is 19.3 Å². The summed E-state index contributed by atoms with van der Waals surface area (Å²) in [4.78, 5) is 0. The zero-order valence-electron chi connectivity index (χ0n) is 16.1. The van der Waals surface area contributed by atoms with Gasteiger partial charge in [0.2, 0.25) is 0 Å². The molecule has 152 valence electrons. The van der Waals surface area contributed by atoms with E-state index >= 15 is 0 Å². The Morgan fingerprint density at radius 1 is 1.19 bits per heavy atom. The van der Waals surface area contributed by atoms with E-state index < -0.39 is 37.3 Å². The summed E-state index contributed by atoms with van der Waals surface area (Å²) in [7, 11) is 0. The first-order chi connectivity index (χ1) is 12.1. The number of ether oxygens (including phenoxy) is 2. The van der Waals surface area contributed by atoms with E-state index in [-0.39, 0.29) is 17.6 Å². The maximum Gasteiger partial charge on any atom is 0.187 e. The predicted octanol–water partition coefficient (Wildman–Crippen LogP) is 0.469. The van der Waals surface area contributed by atoms with Crippen molar-refractivity contribution >= 4 is 0 Å². The van der Waals surface area contributed by atoms with Gasteiger partial charge in [0.15, 0.2) is 6.29 Å². The van der Waals surface area contributed by atoms with Crippen LogP contribution in [0.15, 0.2) is 11.1 Å². The molecule has 1 fully saturated rings. The number of hydrogen-bond donors (Lipinski definition) is 5.